The number of urea groups is 1. The van der Waals surface area contributed by atoms with Gasteiger partial charge in [-0.2, -0.15) is 0 Å². The van der Waals surface area contributed by atoms with E-state index < -0.39 is 0 Å². The quantitative estimate of drug-likeness (QED) is 0.933. The van der Waals surface area contributed by atoms with Crippen molar-refractivity contribution in [2.45, 2.75) is 0 Å². The van der Waals surface area contributed by atoms with Crippen molar-refractivity contribution in [3.05, 3.63) is 36.8 Å². The van der Waals surface area contributed by atoms with E-state index in [1.165, 1.54) is 11.2 Å². The molecule has 0 spiro atoms. The van der Waals surface area contributed by atoms with Gasteiger partial charge in [-0.15, -0.1) is 0 Å². The summed E-state index contributed by atoms with van der Waals surface area (Å²) in [6, 6.07) is 6.45. The number of carbonyl (C=O) groups is 1. The lowest BCUT2D eigenvalue weighted by Gasteiger charge is -2.17. The lowest BCUT2D eigenvalue weighted by Crippen LogP contribution is -2.31. The molecule has 0 bridgehead atoms. The molecule has 0 saturated heterocycles. The summed E-state index contributed by atoms with van der Waals surface area (Å²) in [5, 5.41) is 2.76. The molecule has 0 unspecified atom stereocenters. The van der Waals surface area contributed by atoms with Gasteiger partial charge in [-0.05, 0) is 6.07 Å². The average molecular weight is 288 g/mol. The van der Waals surface area contributed by atoms with E-state index in [2.05, 4.69) is 15.3 Å². The fourth-order valence-corrected chi connectivity index (χ4v) is 1.67. The third-order valence-corrected chi connectivity index (χ3v) is 2.82. The van der Waals surface area contributed by atoms with Gasteiger partial charge in [0.1, 0.15) is 23.6 Å². The van der Waals surface area contributed by atoms with Crippen LogP contribution in [0.3, 0.4) is 0 Å². The number of nitrogens with one attached hydrogen (secondary N) is 1. The highest BCUT2D eigenvalue weighted by Gasteiger charge is 2.13. The molecule has 21 heavy (non-hydrogen) atoms. The molecule has 0 aliphatic rings. The molecule has 2 aromatic rings. The van der Waals surface area contributed by atoms with E-state index in [9.17, 15) is 4.79 Å². The smallest absolute Gasteiger partial charge is 0.327 e. The van der Waals surface area contributed by atoms with E-state index in [1.54, 1.807) is 51.7 Å². The Morgan fingerprint density at radius 2 is 1.86 bits per heavy atom. The highest BCUT2D eigenvalue weighted by molar-refractivity contribution is 6.00. The summed E-state index contributed by atoms with van der Waals surface area (Å²) in [7, 11) is 4.72. The van der Waals surface area contributed by atoms with E-state index in [0.29, 0.717) is 23.0 Å². The molecule has 2 amide bonds. The Hall–Kier alpha value is -2.83. The topological polar surface area (TPSA) is 76.6 Å². The lowest BCUT2D eigenvalue weighted by molar-refractivity contribution is 0.258. The Labute approximate surface area is 122 Å². The second-order valence-electron chi connectivity index (χ2n) is 4.16. The van der Waals surface area contributed by atoms with Crippen LogP contribution in [0.5, 0.6) is 11.5 Å². The highest BCUT2D eigenvalue weighted by Crippen LogP contribution is 2.26. The summed E-state index contributed by atoms with van der Waals surface area (Å²) in [6.45, 7) is 0. The molecular formula is C14H16N4O3. The van der Waals surface area contributed by atoms with E-state index >= 15 is 0 Å². The van der Waals surface area contributed by atoms with E-state index in [-0.39, 0.29) is 6.03 Å². The van der Waals surface area contributed by atoms with Crippen molar-refractivity contribution >= 4 is 17.5 Å². The average Bonchev–Trinajstić information content (AvgIpc) is 2.54. The fraction of sp³-hybridized carbons (Fsp3) is 0.214. The van der Waals surface area contributed by atoms with Crippen LogP contribution < -0.4 is 19.7 Å². The number of benzene rings is 1. The van der Waals surface area contributed by atoms with Crippen molar-refractivity contribution in [1.82, 2.24) is 9.97 Å². The minimum atomic E-state index is -0.330. The minimum Gasteiger partial charge on any atom is -0.497 e. The molecule has 7 nitrogen and oxygen atoms in total. The summed E-state index contributed by atoms with van der Waals surface area (Å²) in [5.74, 6) is 1.68. The molecule has 1 aromatic carbocycles. The predicted molar refractivity (Wildman–Crippen MR) is 79.0 cm³/mol. The summed E-state index contributed by atoms with van der Waals surface area (Å²) < 4.78 is 10.3. The number of amides is 2. The first-order valence-electron chi connectivity index (χ1n) is 6.18. The standard InChI is InChI=1S/C14H16N4O3/c1-18(13-4-5-15-9-16-13)14(19)17-10-6-11(20-2)8-12(7-10)21-3/h4-9H,1-3H3,(H,17,19). The predicted octanol–water partition coefficient (Wildman–Crippen LogP) is 2.16. The van der Waals surface area contributed by atoms with Gasteiger partial charge in [0.25, 0.3) is 0 Å². The molecule has 0 atom stereocenters. The number of nitrogens with zero attached hydrogens (tertiary/aromatic N) is 3. The number of carbonyl (C=O) groups excluding carboxylic acids is 1. The van der Waals surface area contributed by atoms with Gasteiger partial charge in [-0.1, -0.05) is 0 Å². The Bertz CT molecular complexity index is 597. The zero-order chi connectivity index (χ0) is 15.2. The number of ether oxygens (including phenoxy) is 2. The molecule has 0 saturated carbocycles. The Morgan fingerprint density at radius 1 is 1.19 bits per heavy atom. The summed E-state index contributed by atoms with van der Waals surface area (Å²) >= 11 is 0. The number of rotatable bonds is 4. The molecule has 0 aliphatic heterocycles. The SMILES string of the molecule is COc1cc(NC(=O)N(C)c2ccncn2)cc(OC)c1. The number of methoxy groups -OCH3 is 2. The molecule has 7 heteroatoms. The largest absolute Gasteiger partial charge is 0.497 e. The van der Waals surface area contributed by atoms with Crippen LogP contribution in [0.25, 0.3) is 0 Å². The van der Waals surface area contributed by atoms with Gasteiger partial charge in [0.15, 0.2) is 0 Å². The second-order valence-corrected chi connectivity index (χ2v) is 4.16. The molecule has 110 valence electrons. The van der Waals surface area contributed by atoms with Crippen molar-refractivity contribution in [2.24, 2.45) is 0 Å². The van der Waals surface area contributed by atoms with E-state index in [4.69, 9.17) is 9.47 Å². The maximum Gasteiger partial charge on any atom is 0.327 e. The third kappa shape index (κ3) is 3.59. The minimum absolute atomic E-state index is 0.330. The van der Waals surface area contributed by atoms with Crippen molar-refractivity contribution in [3.63, 3.8) is 0 Å². The Morgan fingerprint density at radius 3 is 2.38 bits per heavy atom. The lowest BCUT2D eigenvalue weighted by atomic mass is 10.3. The van der Waals surface area contributed by atoms with Gasteiger partial charge in [0.2, 0.25) is 0 Å². The first kappa shape index (κ1) is 14.6. The first-order chi connectivity index (χ1) is 10.1. The van der Waals surface area contributed by atoms with Gasteiger partial charge >= 0.3 is 6.03 Å². The highest BCUT2D eigenvalue weighted by atomic mass is 16.5. The van der Waals surface area contributed by atoms with Gasteiger partial charge in [0.05, 0.1) is 14.2 Å². The van der Waals surface area contributed by atoms with E-state index in [1.807, 2.05) is 0 Å². The van der Waals surface area contributed by atoms with Crippen LogP contribution in [-0.4, -0.2) is 37.3 Å². The third-order valence-electron chi connectivity index (χ3n) is 2.82. The van der Waals surface area contributed by atoms with Crippen LogP contribution in [0.2, 0.25) is 0 Å². The van der Waals surface area contributed by atoms with Crippen LogP contribution in [0, 0.1) is 0 Å². The monoisotopic (exact) mass is 288 g/mol. The Kier molecular flexibility index (Phi) is 4.55. The van der Waals surface area contributed by atoms with E-state index in [0.717, 1.165) is 0 Å². The zero-order valence-corrected chi connectivity index (χ0v) is 12.0. The van der Waals surface area contributed by atoms with Gasteiger partial charge < -0.3 is 14.8 Å². The summed E-state index contributed by atoms with van der Waals surface area (Å²) in [6.07, 6.45) is 2.95. The molecule has 0 aliphatic carbocycles. The van der Waals surface area contributed by atoms with Crippen molar-refractivity contribution in [1.29, 1.82) is 0 Å². The zero-order valence-electron chi connectivity index (χ0n) is 12.0. The van der Waals surface area contributed by atoms with Crippen molar-refractivity contribution in [3.8, 4) is 11.5 Å². The maximum absolute atomic E-state index is 12.2. The number of hydrogen-bond donors (Lipinski definition) is 1. The fourth-order valence-electron chi connectivity index (χ4n) is 1.67. The Balaban J connectivity index is 2.16. The van der Waals surface area contributed by atoms with Crippen LogP contribution in [0.1, 0.15) is 0 Å². The molecule has 1 N–H and O–H groups in total. The normalized spacial score (nSPS) is 9.86. The van der Waals surface area contributed by atoms with Crippen LogP contribution in [0.4, 0.5) is 16.3 Å². The summed E-state index contributed by atoms with van der Waals surface area (Å²) in [5.41, 5.74) is 0.567. The summed E-state index contributed by atoms with van der Waals surface area (Å²) in [4.78, 5) is 21.4. The number of anilines is 2. The molecule has 0 radical (unpaired) electrons. The van der Waals surface area contributed by atoms with Crippen molar-refractivity contribution in [2.75, 3.05) is 31.5 Å². The van der Waals surface area contributed by atoms with Gasteiger partial charge in [-0.25, -0.2) is 14.8 Å². The molecular weight excluding hydrogens is 272 g/mol. The van der Waals surface area contributed by atoms with Gasteiger partial charge in [0, 0.05) is 37.1 Å². The van der Waals surface area contributed by atoms with Crippen molar-refractivity contribution < 1.29 is 14.3 Å². The number of hydrogen-bond acceptors (Lipinski definition) is 5. The first-order valence-corrected chi connectivity index (χ1v) is 6.18. The second kappa shape index (κ2) is 6.56. The van der Waals surface area contributed by atoms with Crippen LogP contribution in [-0.2, 0) is 0 Å². The number of aromatic nitrogens is 2. The molecule has 1 aromatic heterocycles. The molecule has 1 heterocycles. The van der Waals surface area contributed by atoms with Crippen LogP contribution >= 0.6 is 0 Å². The molecule has 2 rings (SSSR count). The van der Waals surface area contributed by atoms with Gasteiger partial charge in [-0.3, -0.25) is 4.90 Å². The maximum atomic E-state index is 12.2. The van der Waals surface area contributed by atoms with Crippen LogP contribution in [0.15, 0.2) is 36.8 Å². The molecule has 0 fully saturated rings.